The minimum Gasteiger partial charge on any atom is -0.504 e. The van der Waals surface area contributed by atoms with Crippen molar-refractivity contribution < 1.29 is 10.2 Å². The van der Waals surface area contributed by atoms with Crippen molar-refractivity contribution in [2.45, 2.75) is 12.8 Å². The Morgan fingerprint density at radius 2 is 1.50 bits per heavy atom. The van der Waals surface area contributed by atoms with Crippen molar-refractivity contribution >= 4 is 5.57 Å². The molecule has 0 amide bonds. The molecule has 0 aliphatic heterocycles. The molecule has 0 fully saturated rings. The Morgan fingerprint density at radius 1 is 0.750 bits per heavy atom. The first kappa shape index (κ1) is 14.5. The second-order valence-corrected chi connectivity index (χ2v) is 5.97. The Kier molecular flexibility index (Phi) is 3.54. The van der Waals surface area contributed by atoms with Crippen LogP contribution in [0.25, 0.3) is 16.7 Å². The second kappa shape index (κ2) is 5.85. The monoisotopic (exact) mass is 315 g/mol. The smallest absolute Gasteiger partial charge is 0.158 e. The highest BCUT2D eigenvalue weighted by Crippen LogP contribution is 2.36. The van der Waals surface area contributed by atoms with Crippen LogP contribution in [0.2, 0.25) is 0 Å². The molecule has 1 heterocycles. The zero-order valence-electron chi connectivity index (χ0n) is 13.1. The Hall–Kier alpha value is -3.07. The summed E-state index contributed by atoms with van der Waals surface area (Å²) in [5.41, 5.74) is 6.92. The lowest BCUT2D eigenvalue weighted by atomic mass is 9.85. The number of aromatic hydroxyl groups is 2. The molecule has 1 aliphatic rings. The Bertz CT molecular complexity index is 930. The number of aryl methyl sites for hydroxylation is 1. The number of benzene rings is 2. The standard InChI is InChI=1S/C21H17NO2/c23-20-7-5-16(13-21(20)24)15-4-6-19-17(12-15)2-1-3-18(19)14-8-10-22-11-9-14/h3-13,23-24H,1-2H2. The molecule has 0 spiro atoms. The summed E-state index contributed by atoms with van der Waals surface area (Å²) in [5.74, 6) is -0.192. The van der Waals surface area contributed by atoms with E-state index in [0.29, 0.717) is 0 Å². The number of phenols is 2. The molecule has 3 aromatic rings. The van der Waals surface area contributed by atoms with Crippen LogP contribution < -0.4 is 0 Å². The van der Waals surface area contributed by atoms with Crippen molar-refractivity contribution in [2.75, 3.05) is 0 Å². The number of hydrogen-bond donors (Lipinski definition) is 2. The molecule has 3 nitrogen and oxygen atoms in total. The van der Waals surface area contributed by atoms with Crippen LogP contribution in [0, 0.1) is 0 Å². The van der Waals surface area contributed by atoms with Crippen molar-refractivity contribution in [3.8, 4) is 22.6 Å². The lowest BCUT2D eigenvalue weighted by Gasteiger charge is -2.19. The average Bonchev–Trinajstić information content (AvgIpc) is 2.64. The largest absolute Gasteiger partial charge is 0.504 e. The van der Waals surface area contributed by atoms with Gasteiger partial charge in [0.1, 0.15) is 0 Å². The number of fused-ring (bicyclic) bond motifs is 1. The van der Waals surface area contributed by atoms with E-state index in [1.807, 2.05) is 30.6 Å². The Balaban J connectivity index is 1.76. The fraction of sp³-hybridized carbons (Fsp3) is 0.0952. The van der Waals surface area contributed by atoms with Gasteiger partial charge in [0.05, 0.1) is 0 Å². The predicted octanol–water partition coefficient (Wildman–Crippen LogP) is 4.54. The van der Waals surface area contributed by atoms with E-state index in [0.717, 1.165) is 24.0 Å². The second-order valence-electron chi connectivity index (χ2n) is 5.97. The summed E-state index contributed by atoms with van der Waals surface area (Å²) in [4.78, 5) is 4.09. The van der Waals surface area contributed by atoms with E-state index in [1.54, 1.807) is 6.07 Å². The molecule has 0 unspecified atom stereocenters. The lowest BCUT2D eigenvalue weighted by molar-refractivity contribution is 0.404. The van der Waals surface area contributed by atoms with Gasteiger partial charge < -0.3 is 10.2 Å². The summed E-state index contributed by atoms with van der Waals surface area (Å²) >= 11 is 0. The zero-order valence-corrected chi connectivity index (χ0v) is 13.1. The molecular weight excluding hydrogens is 298 g/mol. The number of rotatable bonds is 2. The molecule has 0 atom stereocenters. The molecule has 0 radical (unpaired) electrons. The van der Waals surface area contributed by atoms with E-state index in [-0.39, 0.29) is 11.5 Å². The molecule has 2 aromatic carbocycles. The van der Waals surface area contributed by atoms with Crippen LogP contribution >= 0.6 is 0 Å². The van der Waals surface area contributed by atoms with Crippen molar-refractivity contribution in [1.29, 1.82) is 0 Å². The van der Waals surface area contributed by atoms with Crippen LogP contribution in [0.3, 0.4) is 0 Å². The summed E-state index contributed by atoms with van der Waals surface area (Å²) < 4.78 is 0. The zero-order chi connectivity index (χ0) is 16.5. The first-order chi connectivity index (χ1) is 11.7. The maximum absolute atomic E-state index is 9.73. The molecule has 0 saturated carbocycles. The van der Waals surface area contributed by atoms with E-state index in [2.05, 4.69) is 29.3 Å². The van der Waals surface area contributed by atoms with Gasteiger partial charge in [-0.2, -0.15) is 0 Å². The Labute approximate surface area is 140 Å². The fourth-order valence-corrected chi connectivity index (χ4v) is 3.23. The molecule has 2 N–H and O–H groups in total. The van der Waals surface area contributed by atoms with Crippen LogP contribution in [-0.4, -0.2) is 15.2 Å². The fourth-order valence-electron chi connectivity index (χ4n) is 3.23. The summed E-state index contributed by atoms with van der Waals surface area (Å²) in [5, 5.41) is 19.2. The molecule has 3 heteroatoms. The van der Waals surface area contributed by atoms with Crippen LogP contribution in [0.1, 0.15) is 23.1 Å². The van der Waals surface area contributed by atoms with Gasteiger partial charge in [0, 0.05) is 12.4 Å². The predicted molar refractivity (Wildman–Crippen MR) is 94.8 cm³/mol. The highest BCUT2D eigenvalue weighted by molar-refractivity contribution is 5.84. The van der Waals surface area contributed by atoms with E-state index in [4.69, 9.17) is 0 Å². The van der Waals surface area contributed by atoms with E-state index in [9.17, 15) is 10.2 Å². The number of allylic oxidation sites excluding steroid dienone is 1. The number of phenolic OH excluding ortho intramolecular Hbond substituents is 2. The third-order valence-corrected chi connectivity index (χ3v) is 4.46. The summed E-state index contributed by atoms with van der Waals surface area (Å²) in [6.45, 7) is 0. The topological polar surface area (TPSA) is 53.4 Å². The van der Waals surface area contributed by atoms with Crippen LogP contribution in [0.15, 0.2) is 67.0 Å². The summed E-state index contributed by atoms with van der Waals surface area (Å²) in [7, 11) is 0. The van der Waals surface area contributed by atoms with Gasteiger partial charge in [-0.05, 0) is 70.5 Å². The normalized spacial score (nSPS) is 13.2. The van der Waals surface area contributed by atoms with Gasteiger partial charge in [0.2, 0.25) is 0 Å². The molecule has 1 aromatic heterocycles. The van der Waals surface area contributed by atoms with Gasteiger partial charge in [-0.15, -0.1) is 0 Å². The third-order valence-electron chi connectivity index (χ3n) is 4.46. The van der Waals surface area contributed by atoms with Crippen LogP contribution in [-0.2, 0) is 6.42 Å². The number of nitrogens with zero attached hydrogens (tertiary/aromatic N) is 1. The maximum Gasteiger partial charge on any atom is 0.158 e. The van der Waals surface area contributed by atoms with Crippen molar-refractivity contribution in [1.82, 2.24) is 4.98 Å². The third kappa shape index (κ3) is 2.54. The van der Waals surface area contributed by atoms with Gasteiger partial charge in [-0.25, -0.2) is 0 Å². The molecule has 0 saturated heterocycles. The minimum absolute atomic E-state index is 0.0948. The highest BCUT2D eigenvalue weighted by Gasteiger charge is 2.15. The van der Waals surface area contributed by atoms with E-state index >= 15 is 0 Å². The molecule has 118 valence electrons. The molecule has 1 aliphatic carbocycles. The molecule has 0 bridgehead atoms. The van der Waals surface area contributed by atoms with Crippen LogP contribution in [0.5, 0.6) is 11.5 Å². The van der Waals surface area contributed by atoms with Crippen LogP contribution in [0.4, 0.5) is 0 Å². The minimum atomic E-state index is -0.0976. The van der Waals surface area contributed by atoms with Crippen molar-refractivity contribution in [3.63, 3.8) is 0 Å². The number of pyridine rings is 1. The highest BCUT2D eigenvalue weighted by atomic mass is 16.3. The van der Waals surface area contributed by atoms with Gasteiger partial charge in [-0.1, -0.05) is 30.3 Å². The lowest BCUT2D eigenvalue weighted by Crippen LogP contribution is -2.01. The quantitative estimate of drug-likeness (QED) is 0.683. The van der Waals surface area contributed by atoms with Crippen molar-refractivity contribution in [2.24, 2.45) is 0 Å². The molecule has 4 rings (SSSR count). The van der Waals surface area contributed by atoms with Gasteiger partial charge >= 0.3 is 0 Å². The van der Waals surface area contributed by atoms with Gasteiger partial charge in [0.25, 0.3) is 0 Å². The van der Waals surface area contributed by atoms with Gasteiger partial charge in [-0.3, -0.25) is 4.98 Å². The number of aromatic nitrogens is 1. The first-order valence-corrected chi connectivity index (χ1v) is 7.98. The summed E-state index contributed by atoms with van der Waals surface area (Å²) in [6, 6.07) is 15.4. The first-order valence-electron chi connectivity index (χ1n) is 7.98. The SMILES string of the molecule is Oc1ccc(-c2ccc3c(c2)CCC=C3c2ccncc2)cc1O. The molecule has 24 heavy (non-hydrogen) atoms. The van der Waals surface area contributed by atoms with Crippen molar-refractivity contribution in [3.05, 3.63) is 83.7 Å². The van der Waals surface area contributed by atoms with E-state index < -0.39 is 0 Å². The molecular formula is C21H17NO2. The maximum atomic E-state index is 9.73. The van der Waals surface area contributed by atoms with E-state index in [1.165, 1.54) is 28.3 Å². The Morgan fingerprint density at radius 3 is 2.29 bits per heavy atom. The summed E-state index contributed by atoms with van der Waals surface area (Å²) in [6.07, 6.45) is 7.93. The average molecular weight is 315 g/mol. The number of hydrogen-bond acceptors (Lipinski definition) is 3. The van der Waals surface area contributed by atoms with Gasteiger partial charge in [0.15, 0.2) is 11.5 Å².